The lowest BCUT2D eigenvalue weighted by molar-refractivity contribution is 0.0570. The fourth-order valence-electron chi connectivity index (χ4n) is 3.92. The Morgan fingerprint density at radius 2 is 1.86 bits per heavy atom. The first-order chi connectivity index (χ1) is 13.3. The Labute approximate surface area is 172 Å². The number of hydrogen-bond donors (Lipinski definition) is 1. The molecule has 0 fully saturated rings. The summed E-state index contributed by atoms with van der Waals surface area (Å²) < 4.78 is 6.27. The molecule has 0 bridgehead atoms. The van der Waals surface area contributed by atoms with Crippen molar-refractivity contribution in [2.75, 3.05) is 0 Å². The van der Waals surface area contributed by atoms with Crippen molar-refractivity contribution in [3.63, 3.8) is 0 Å². The maximum atomic E-state index is 9.62. The molecule has 156 valence electrons. The first kappa shape index (κ1) is 22.6. The van der Waals surface area contributed by atoms with Crippen molar-refractivity contribution >= 4 is 0 Å². The normalized spacial score (nSPS) is 20.2. The molecule has 1 aliphatic heterocycles. The Morgan fingerprint density at radius 3 is 2.61 bits per heavy atom. The molecule has 1 aliphatic rings. The van der Waals surface area contributed by atoms with Crippen LogP contribution in [0.5, 0.6) is 11.5 Å². The zero-order chi connectivity index (χ0) is 20.6. The predicted octanol–water partition coefficient (Wildman–Crippen LogP) is 7.76. The Morgan fingerprint density at radius 1 is 1.14 bits per heavy atom. The fraction of sp³-hybridized carbons (Fsp3) is 0.615. The van der Waals surface area contributed by atoms with Crippen molar-refractivity contribution in [1.82, 2.24) is 0 Å². The predicted molar refractivity (Wildman–Crippen MR) is 120 cm³/mol. The molecule has 28 heavy (non-hydrogen) atoms. The summed E-state index contributed by atoms with van der Waals surface area (Å²) >= 11 is 0. The van der Waals surface area contributed by atoms with Crippen molar-refractivity contribution in [3.05, 3.63) is 47.1 Å². The van der Waals surface area contributed by atoms with Gasteiger partial charge in [0.25, 0.3) is 0 Å². The zero-order valence-corrected chi connectivity index (χ0v) is 18.7. The van der Waals surface area contributed by atoms with Gasteiger partial charge in [-0.15, -0.1) is 0 Å². The van der Waals surface area contributed by atoms with Gasteiger partial charge in [-0.2, -0.15) is 0 Å². The van der Waals surface area contributed by atoms with Gasteiger partial charge in [0.2, 0.25) is 0 Å². The number of allylic oxidation sites excluding steroid dienone is 4. The van der Waals surface area contributed by atoms with Crippen molar-refractivity contribution in [3.8, 4) is 11.5 Å². The number of fused-ring (bicyclic) bond motifs is 1. The average Bonchev–Trinajstić information content (AvgIpc) is 2.61. The number of hydrogen-bond acceptors (Lipinski definition) is 2. The van der Waals surface area contributed by atoms with Gasteiger partial charge < -0.3 is 9.84 Å². The van der Waals surface area contributed by atoms with E-state index in [1.165, 1.54) is 24.8 Å². The molecule has 2 rings (SSSR count). The Balaban J connectivity index is 1.72. The number of benzene rings is 1. The summed E-state index contributed by atoms with van der Waals surface area (Å²) in [7, 11) is 0. The second-order valence-electron chi connectivity index (χ2n) is 9.31. The van der Waals surface area contributed by atoms with Crippen LogP contribution >= 0.6 is 0 Å². The average molecular weight is 385 g/mol. The number of aromatic hydroxyl groups is 1. The van der Waals surface area contributed by atoms with Crippen molar-refractivity contribution in [2.45, 2.75) is 98.0 Å². The van der Waals surface area contributed by atoms with Crippen LogP contribution in [0.25, 0.3) is 0 Å². The van der Waals surface area contributed by atoms with E-state index in [2.05, 4.69) is 46.8 Å². The Bertz CT molecular complexity index is 684. The van der Waals surface area contributed by atoms with Gasteiger partial charge in [0.15, 0.2) is 0 Å². The number of ether oxygens (including phenoxy) is 1. The molecule has 1 N–H and O–H groups in total. The molecule has 0 radical (unpaired) electrons. The topological polar surface area (TPSA) is 29.5 Å². The summed E-state index contributed by atoms with van der Waals surface area (Å²) in [5.41, 5.74) is 4.05. The standard InChI is InChI=1S/C26H40O2/c1-20(2)9-6-10-21(3)11-7-12-22(4)13-8-17-26(5)18-16-23-19-24(27)14-15-25(23)28-26/h11,13-15,19-20,27H,6-10,12,16-18H2,1-5H3/b21-11+,22-13+. The molecular formula is C26H40O2. The smallest absolute Gasteiger partial charge is 0.123 e. The van der Waals surface area contributed by atoms with Gasteiger partial charge in [-0.05, 0) is 102 Å². The molecule has 0 spiro atoms. The highest BCUT2D eigenvalue weighted by Crippen LogP contribution is 2.37. The summed E-state index contributed by atoms with van der Waals surface area (Å²) in [6.07, 6.45) is 15.1. The molecule has 0 saturated carbocycles. The van der Waals surface area contributed by atoms with Crippen LogP contribution in [-0.4, -0.2) is 10.7 Å². The van der Waals surface area contributed by atoms with Gasteiger partial charge in [-0.3, -0.25) is 0 Å². The van der Waals surface area contributed by atoms with E-state index in [4.69, 9.17) is 4.74 Å². The van der Waals surface area contributed by atoms with Crippen LogP contribution in [0.1, 0.15) is 91.5 Å². The van der Waals surface area contributed by atoms with E-state index >= 15 is 0 Å². The van der Waals surface area contributed by atoms with Gasteiger partial charge in [0, 0.05) is 0 Å². The van der Waals surface area contributed by atoms with Gasteiger partial charge >= 0.3 is 0 Å². The summed E-state index contributed by atoms with van der Waals surface area (Å²) in [6.45, 7) is 11.3. The van der Waals surface area contributed by atoms with Crippen molar-refractivity contribution in [1.29, 1.82) is 0 Å². The third-order valence-corrected chi connectivity index (χ3v) is 5.87. The molecule has 1 heterocycles. The van der Waals surface area contributed by atoms with Crippen molar-refractivity contribution < 1.29 is 9.84 Å². The molecule has 2 heteroatoms. The lowest BCUT2D eigenvalue weighted by Crippen LogP contribution is -2.36. The van der Waals surface area contributed by atoms with Gasteiger partial charge in [-0.25, -0.2) is 0 Å². The minimum Gasteiger partial charge on any atom is -0.508 e. The monoisotopic (exact) mass is 384 g/mol. The van der Waals surface area contributed by atoms with Crippen LogP contribution in [0.15, 0.2) is 41.5 Å². The van der Waals surface area contributed by atoms with E-state index in [1.807, 2.05) is 12.1 Å². The van der Waals surface area contributed by atoms with Crippen molar-refractivity contribution in [2.24, 2.45) is 5.92 Å². The third kappa shape index (κ3) is 7.73. The van der Waals surface area contributed by atoms with Gasteiger partial charge in [0.1, 0.15) is 17.1 Å². The minimum atomic E-state index is -0.104. The van der Waals surface area contributed by atoms with Gasteiger partial charge in [-0.1, -0.05) is 43.6 Å². The first-order valence-electron chi connectivity index (χ1n) is 11.1. The molecular weight excluding hydrogens is 344 g/mol. The third-order valence-electron chi connectivity index (χ3n) is 5.87. The number of aryl methyl sites for hydroxylation is 1. The van der Waals surface area contributed by atoms with E-state index < -0.39 is 0 Å². The molecule has 1 aromatic rings. The largest absolute Gasteiger partial charge is 0.508 e. The van der Waals surface area contributed by atoms with Crippen LogP contribution < -0.4 is 4.74 Å². The summed E-state index contributed by atoms with van der Waals surface area (Å²) in [5.74, 6) is 2.08. The molecule has 2 nitrogen and oxygen atoms in total. The maximum Gasteiger partial charge on any atom is 0.123 e. The molecule has 1 aromatic carbocycles. The highest BCUT2D eigenvalue weighted by atomic mass is 16.5. The quantitative estimate of drug-likeness (QED) is 0.418. The lowest BCUT2D eigenvalue weighted by Gasteiger charge is -2.35. The fourth-order valence-corrected chi connectivity index (χ4v) is 3.92. The number of phenols is 1. The summed E-state index contributed by atoms with van der Waals surface area (Å²) in [5, 5.41) is 9.62. The van der Waals surface area contributed by atoms with E-state index in [9.17, 15) is 5.11 Å². The van der Waals surface area contributed by atoms with E-state index in [1.54, 1.807) is 11.6 Å². The van der Waals surface area contributed by atoms with Gasteiger partial charge in [0.05, 0.1) is 0 Å². The lowest BCUT2D eigenvalue weighted by atomic mass is 9.88. The van der Waals surface area contributed by atoms with Crippen LogP contribution in [-0.2, 0) is 6.42 Å². The van der Waals surface area contributed by atoms with Crippen LogP contribution in [0, 0.1) is 5.92 Å². The Kier molecular flexibility index (Phi) is 8.66. The molecule has 0 saturated heterocycles. The summed E-state index contributed by atoms with van der Waals surface area (Å²) in [6, 6.07) is 5.45. The number of rotatable bonds is 10. The molecule has 0 amide bonds. The molecule has 1 atom stereocenters. The highest BCUT2D eigenvalue weighted by molar-refractivity contribution is 5.41. The van der Waals surface area contributed by atoms with E-state index in [-0.39, 0.29) is 5.60 Å². The highest BCUT2D eigenvalue weighted by Gasteiger charge is 2.30. The molecule has 1 unspecified atom stereocenters. The SMILES string of the molecule is C/C(=C\CCC1(C)CCc2cc(O)ccc2O1)CC/C=C(\C)CCCC(C)C. The van der Waals surface area contributed by atoms with E-state index in [0.29, 0.717) is 5.75 Å². The molecule has 0 aromatic heterocycles. The first-order valence-corrected chi connectivity index (χ1v) is 11.1. The van der Waals surface area contributed by atoms with Crippen LogP contribution in [0.3, 0.4) is 0 Å². The maximum absolute atomic E-state index is 9.62. The zero-order valence-electron chi connectivity index (χ0n) is 18.7. The van der Waals surface area contributed by atoms with Crippen LogP contribution in [0.4, 0.5) is 0 Å². The van der Waals surface area contributed by atoms with E-state index in [0.717, 1.165) is 55.8 Å². The molecule has 0 aliphatic carbocycles. The Hall–Kier alpha value is -1.70. The second kappa shape index (κ2) is 10.7. The second-order valence-corrected chi connectivity index (χ2v) is 9.31. The summed E-state index contributed by atoms with van der Waals surface area (Å²) in [4.78, 5) is 0. The minimum absolute atomic E-state index is 0.104. The number of phenolic OH excluding ortho intramolecular Hbond substituents is 1. The van der Waals surface area contributed by atoms with Crippen LogP contribution in [0.2, 0.25) is 0 Å².